The summed E-state index contributed by atoms with van der Waals surface area (Å²) in [6, 6.07) is 10.9. The lowest BCUT2D eigenvalue weighted by atomic mass is 10.0. The van der Waals surface area contributed by atoms with Gasteiger partial charge in [0.25, 0.3) is 0 Å². The largest absolute Gasteiger partial charge is 0.382 e. The Hall–Kier alpha value is -3.35. The summed E-state index contributed by atoms with van der Waals surface area (Å²) in [5.41, 5.74) is 6.98. The molecule has 2 aromatic carbocycles. The lowest BCUT2D eigenvalue weighted by molar-refractivity contribution is 0.337. The molecule has 3 aromatic rings. The van der Waals surface area contributed by atoms with Gasteiger partial charge in [-0.15, -0.1) is 0 Å². The van der Waals surface area contributed by atoms with E-state index in [1.165, 1.54) is 28.8 Å². The van der Waals surface area contributed by atoms with Crippen LogP contribution in [-0.2, 0) is 10.0 Å². The number of halogens is 1. The molecule has 9 heteroatoms. The number of piperidine rings is 1. The van der Waals surface area contributed by atoms with Gasteiger partial charge in [-0.2, -0.15) is 4.31 Å². The number of nitrogens with two attached hydrogens (primary N) is 1. The van der Waals surface area contributed by atoms with Crippen molar-refractivity contribution in [3.63, 3.8) is 0 Å². The maximum atomic E-state index is 14.9. The van der Waals surface area contributed by atoms with Crippen molar-refractivity contribution in [2.24, 2.45) is 0 Å². The third-order valence-electron chi connectivity index (χ3n) is 5.34. The maximum Gasteiger partial charge on any atom is 0.243 e. The lowest BCUT2D eigenvalue weighted by Gasteiger charge is -2.27. The molecule has 1 aliphatic rings. The van der Waals surface area contributed by atoms with Gasteiger partial charge in [0.15, 0.2) is 0 Å². The van der Waals surface area contributed by atoms with Crippen molar-refractivity contribution in [3.05, 3.63) is 72.1 Å². The molecule has 1 fully saturated rings. The highest BCUT2D eigenvalue weighted by Gasteiger charge is 2.33. The Morgan fingerprint density at radius 2 is 1.81 bits per heavy atom. The average Bonchev–Trinajstić information content (AvgIpc) is 2.80. The quantitative estimate of drug-likeness (QED) is 0.630. The summed E-state index contributed by atoms with van der Waals surface area (Å²) in [7, 11) is -3.78. The van der Waals surface area contributed by atoms with Crippen LogP contribution in [0.4, 0.5) is 10.2 Å². The van der Waals surface area contributed by atoms with Crippen molar-refractivity contribution < 1.29 is 12.8 Å². The van der Waals surface area contributed by atoms with Crippen LogP contribution in [0.2, 0.25) is 0 Å². The molecule has 2 heterocycles. The van der Waals surface area contributed by atoms with Crippen LogP contribution < -0.4 is 5.73 Å². The van der Waals surface area contributed by atoms with Crippen LogP contribution in [0.1, 0.15) is 12.8 Å². The summed E-state index contributed by atoms with van der Waals surface area (Å²) < 4.78 is 42.9. The molecule has 0 unspecified atom stereocenters. The molecule has 0 amide bonds. The Labute approximate surface area is 180 Å². The van der Waals surface area contributed by atoms with Gasteiger partial charge >= 0.3 is 0 Å². The van der Waals surface area contributed by atoms with Crippen molar-refractivity contribution in [1.29, 1.82) is 0 Å². The first-order valence-electron chi connectivity index (χ1n) is 9.73. The molecular weight excluding hydrogens is 417 g/mol. The Kier molecular flexibility index (Phi) is 5.67. The minimum absolute atomic E-state index is 0.121. The maximum absolute atomic E-state index is 14.9. The summed E-state index contributed by atoms with van der Waals surface area (Å²) in [5.74, 6) is -0.304. The Bertz CT molecular complexity index is 1250. The monoisotopic (exact) mass is 437 g/mol. The Balaban J connectivity index is 1.70. The number of anilines is 1. The molecule has 1 aliphatic heterocycles. The van der Waals surface area contributed by atoms with Crippen molar-refractivity contribution in [2.75, 3.05) is 18.8 Å². The second-order valence-corrected chi connectivity index (χ2v) is 9.19. The van der Waals surface area contributed by atoms with Crippen molar-refractivity contribution in [2.45, 2.75) is 23.8 Å². The normalized spacial score (nSPS) is 15.5. The summed E-state index contributed by atoms with van der Waals surface area (Å²) >= 11 is 0. The van der Waals surface area contributed by atoms with Gasteiger partial charge < -0.3 is 10.6 Å². The highest BCUT2D eigenvalue weighted by atomic mass is 32.2. The van der Waals surface area contributed by atoms with E-state index in [9.17, 15) is 12.8 Å². The summed E-state index contributed by atoms with van der Waals surface area (Å²) in [4.78, 5) is 11.7. The van der Waals surface area contributed by atoms with Crippen LogP contribution in [0.3, 0.4) is 0 Å². The lowest BCUT2D eigenvalue weighted by Crippen LogP contribution is -2.39. The number of nitrogen functional groups attached to an aromatic ring is 1. The van der Waals surface area contributed by atoms with Crippen LogP contribution >= 0.6 is 0 Å². The van der Waals surface area contributed by atoms with Gasteiger partial charge in [-0.1, -0.05) is 24.3 Å². The molecule has 1 saturated heterocycles. The fourth-order valence-electron chi connectivity index (χ4n) is 3.65. The Morgan fingerprint density at radius 3 is 2.45 bits per heavy atom. The first-order chi connectivity index (χ1) is 14.9. The SMILES string of the molecule is [C-]#[N+]C1CCN(S(=O)(=O)c2ccccc2-c2ccc(-c3cnc(N)cn3)c(F)c2)CC1. The zero-order valence-electron chi connectivity index (χ0n) is 16.6. The number of aromatic nitrogens is 2. The van der Waals surface area contributed by atoms with Gasteiger partial charge in [0.2, 0.25) is 16.1 Å². The molecule has 0 bridgehead atoms. The molecule has 0 atom stereocenters. The third-order valence-corrected chi connectivity index (χ3v) is 7.30. The van der Waals surface area contributed by atoms with E-state index in [1.807, 2.05) is 0 Å². The van der Waals surface area contributed by atoms with E-state index in [1.54, 1.807) is 30.3 Å². The fraction of sp³-hybridized carbons (Fsp3) is 0.227. The topological polar surface area (TPSA) is 93.5 Å². The first-order valence-corrected chi connectivity index (χ1v) is 11.2. The van der Waals surface area contributed by atoms with E-state index in [0.29, 0.717) is 42.8 Å². The van der Waals surface area contributed by atoms with E-state index in [4.69, 9.17) is 12.3 Å². The van der Waals surface area contributed by atoms with Crippen molar-refractivity contribution >= 4 is 15.8 Å². The van der Waals surface area contributed by atoms with Gasteiger partial charge in [0, 0.05) is 37.1 Å². The van der Waals surface area contributed by atoms with Crippen LogP contribution in [-0.4, -0.2) is 41.8 Å². The van der Waals surface area contributed by atoms with Crippen LogP contribution in [0.5, 0.6) is 0 Å². The van der Waals surface area contributed by atoms with E-state index in [2.05, 4.69) is 14.8 Å². The second-order valence-electron chi connectivity index (χ2n) is 7.28. The minimum atomic E-state index is -3.78. The molecule has 0 saturated carbocycles. The molecule has 31 heavy (non-hydrogen) atoms. The standard InChI is InChI=1S/C22H20FN5O2S/c1-25-16-8-10-28(11-9-16)31(29,30)21-5-3-2-4-17(21)15-6-7-18(19(23)12-15)20-13-27-22(24)14-26-20/h2-7,12-14,16H,8-11H2,(H2,24,27). The zero-order chi connectivity index (χ0) is 22.0. The number of rotatable bonds is 4. The highest BCUT2D eigenvalue weighted by Crippen LogP contribution is 2.33. The molecule has 2 N–H and O–H groups in total. The van der Waals surface area contributed by atoms with Crippen molar-refractivity contribution in [1.82, 2.24) is 14.3 Å². The van der Waals surface area contributed by atoms with E-state index in [-0.39, 0.29) is 22.3 Å². The number of benzene rings is 2. The molecule has 4 rings (SSSR count). The van der Waals surface area contributed by atoms with Crippen LogP contribution in [0, 0.1) is 12.4 Å². The smallest absolute Gasteiger partial charge is 0.243 e. The summed E-state index contributed by atoms with van der Waals surface area (Å²) in [6.07, 6.45) is 3.76. The predicted octanol–water partition coefficient (Wildman–Crippen LogP) is 3.60. The molecule has 7 nitrogen and oxygen atoms in total. The number of sulfonamides is 1. The number of hydrogen-bond acceptors (Lipinski definition) is 5. The molecule has 158 valence electrons. The zero-order valence-corrected chi connectivity index (χ0v) is 17.4. The van der Waals surface area contributed by atoms with Gasteiger partial charge in [0.1, 0.15) is 11.6 Å². The molecule has 0 radical (unpaired) electrons. The number of nitrogens with zero attached hydrogens (tertiary/aromatic N) is 4. The fourth-order valence-corrected chi connectivity index (χ4v) is 5.33. The van der Waals surface area contributed by atoms with Gasteiger partial charge in [-0.3, -0.25) is 4.98 Å². The summed E-state index contributed by atoms with van der Waals surface area (Å²) in [5, 5.41) is 0. The molecular formula is C22H20FN5O2S. The molecule has 0 spiro atoms. The Morgan fingerprint density at radius 1 is 1.06 bits per heavy atom. The van der Waals surface area contributed by atoms with Gasteiger partial charge in [-0.05, 0) is 23.8 Å². The summed E-state index contributed by atoms with van der Waals surface area (Å²) in [6.45, 7) is 7.74. The van der Waals surface area contributed by atoms with Gasteiger partial charge in [-0.25, -0.2) is 24.4 Å². The van der Waals surface area contributed by atoms with Crippen molar-refractivity contribution in [3.8, 4) is 22.4 Å². The first kappa shape index (κ1) is 20.9. The van der Waals surface area contributed by atoms with E-state index in [0.717, 1.165) is 0 Å². The van der Waals surface area contributed by atoms with E-state index < -0.39 is 15.8 Å². The third kappa shape index (κ3) is 4.13. The van der Waals surface area contributed by atoms with Crippen LogP contribution in [0.15, 0.2) is 59.8 Å². The highest BCUT2D eigenvalue weighted by molar-refractivity contribution is 7.89. The van der Waals surface area contributed by atoms with E-state index >= 15 is 0 Å². The second kappa shape index (κ2) is 8.41. The average molecular weight is 438 g/mol. The predicted molar refractivity (Wildman–Crippen MR) is 116 cm³/mol. The van der Waals surface area contributed by atoms with Gasteiger partial charge in [0.05, 0.1) is 23.0 Å². The van der Waals surface area contributed by atoms with Crippen LogP contribution in [0.25, 0.3) is 27.2 Å². The molecule has 0 aliphatic carbocycles. The minimum Gasteiger partial charge on any atom is -0.382 e. The number of hydrogen-bond donors (Lipinski definition) is 1. The molecule has 1 aromatic heterocycles.